The van der Waals surface area contributed by atoms with Crippen molar-refractivity contribution in [3.8, 4) is 5.88 Å². The summed E-state index contributed by atoms with van der Waals surface area (Å²) in [6.07, 6.45) is -0.0792. The zero-order chi connectivity index (χ0) is 14.1. The topological polar surface area (TPSA) is 25.4 Å². The third-order valence-corrected chi connectivity index (χ3v) is 3.78. The second-order valence-electron chi connectivity index (χ2n) is 4.95. The quantitative estimate of drug-likeness (QED) is 0.746. The molecular weight excluding hydrogens is 295 g/mol. The first-order valence-electron chi connectivity index (χ1n) is 6.38. The second kappa shape index (κ2) is 5.60. The van der Waals surface area contributed by atoms with Gasteiger partial charge in [0.05, 0.1) is 0 Å². The number of hydrogen-bond donors (Lipinski definition) is 0. The summed E-state index contributed by atoms with van der Waals surface area (Å²) in [5, 5.41) is 1.17. The summed E-state index contributed by atoms with van der Waals surface area (Å²) < 4.78 is 6.05. The first kappa shape index (κ1) is 13.7. The van der Waals surface area contributed by atoms with E-state index in [2.05, 4.69) is 16.9 Å². The molecule has 0 amide bonds. The van der Waals surface area contributed by atoms with Crippen molar-refractivity contribution in [2.24, 2.45) is 0 Å². The Morgan fingerprint density at radius 3 is 2.65 bits per heavy atom. The Morgan fingerprint density at radius 2 is 1.90 bits per heavy atom. The predicted molar refractivity (Wildman–Crippen MR) is 80.4 cm³/mol. The van der Waals surface area contributed by atoms with E-state index in [0.29, 0.717) is 11.0 Å². The van der Waals surface area contributed by atoms with E-state index in [0.717, 1.165) is 29.2 Å². The molecule has 20 heavy (non-hydrogen) atoms. The van der Waals surface area contributed by atoms with Gasteiger partial charge in [-0.3, -0.25) is 4.90 Å². The van der Waals surface area contributed by atoms with Crippen LogP contribution in [0.4, 0.5) is 0 Å². The lowest BCUT2D eigenvalue weighted by molar-refractivity contribution is 0.160. The fourth-order valence-electron chi connectivity index (χ4n) is 2.33. The summed E-state index contributed by atoms with van der Waals surface area (Å²) in [5.74, 6) is 0.613. The van der Waals surface area contributed by atoms with E-state index in [1.807, 2.05) is 30.3 Å². The molecule has 0 spiro atoms. The average molecular weight is 309 g/mol. The van der Waals surface area contributed by atoms with Crippen LogP contribution >= 0.6 is 23.2 Å². The minimum absolute atomic E-state index is 0.0792. The molecular formula is C15H14Cl2N2O. The SMILES string of the molecule is CN1Cc2ccc(Cl)nc2OC(c2ccc(Cl)cc2)C1. The molecule has 0 N–H and O–H groups in total. The van der Waals surface area contributed by atoms with Crippen molar-refractivity contribution >= 4 is 23.2 Å². The van der Waals surface area contributed by atoms with Crippen LogP contribution < -0.4 is 4.74 Å². The smallest absolute Gasteiger partial charge is 0.219 e. The van der Waals surface area contributed by atoms with Crippen LogP contribution in [0.1, 0.15) is 17.2 Å². The molecule has 3 nitrogen and oxygen atoms in total. The van der Waals surface area contributed by atoms with Crippen LogP contribution in [0.3, 0.4) is 0 Å². The molecule has 2 heterocycles. The Kier molecular flexibility index (Phi) is 3.83. The second-order valence-corrected chi connectivity index (χ2v) is 5.78. The molecule has 1 unspecified atom stereocenters. The molecule has 104 valence electrons. The number of fused-ring (bicyclic) bond motifs is 1. The number of likely N-dealkylation sites (N-methyl/N-ethyl adjacent to an activating group) is 1. The lowest BCUT2D eigenvalue weighted by atomic mass is 10.1. The van der Waals surface area contributed by atoms with E-state index in [9.17, 15) is 0 Å². The highest BCUT2D eigenvalue weighted by atomic mass is 35.5. The van der Waals surface area contributed by atoms with Crippen molar-refractivity contribution in [2.45, 2.75) is 12.6 Å². The number of hydrogen-bond acceptors (Lipinski definition) is 3. The summed E-state index contributed by atoms with van der Waals surface area (Å²) in [6.45, 7) is 1.58. The highest BCUT2D eigenvalue weighted by molar-refractivity contribution is 6.30. The van der Waals surface area contributed by atoms with Gasteiger partial charge in [0, 0.05) is 23.7 Å². The molecule has 2 aromatic rings. The van der Waals surface area contributed by atoms with Gasteiger partial charge in [-0.1, -0.05) is 35.3 Å². The van der Waals surface area contributed by atoms with Crippen LogP contribution in [0.5, 0.6) is 5.88 Å². The predicted octanol–water partition coefficient (Wildman–Crippen LogP) is 3.95. The van der Waals surface area contributed by atoms with E-state index in [1.165, 1.54) is 0 Å². The number of ether oxygens (including phenoxy) is 1. The first-order valence-corrected chi connectivity index (χ1v) is 7.13. The van der Waals surface area contributed by atoms with Crippen molar-refractivity contribution in [2.75, 3.05) is 13.6 Å². The molecule has 0 aliphatic carbocycles. The van der Waals surface area contributed by atoms with E-state index in [4.69, 9.17) is 27.9 Å². The standard InChI is InChI=1S/C15H14Cl2N2O/c1-19-8-11-4-7-14(17)18-15(11)20-13(9-19)10-2-5-12(16)6-3-10/h2-7,13H,8-9H2,1H3. The van der Waals surface area contributed by atoms with Gasteiger partial charge < -0.3 is 4.74 Å². The molecule has 5 heteroatoms. The Balaban J connectivity index is 1.95. The van der Waals surface area contributed by atoms with Gasteiger partial charge in [-0.2, -0.15) is 0 Å². The van der Waals surface area contributed by atoms with E-state index in [-0.39, 0.29) is 6.10 Å². The Labute approximate surface area is 128 Å². The Hall–Kier alpha value is -1.29. The van der Waals surface area contributed by atoms with Gasteiger partial charge in [-0.15, -0.1) is 0 Å². The van der Waals surface area contributed by atoms with Crippen LogP contribution in [0.15, 0.2) is 36.4 Å². The highest BCUT2D eigenvalue weighted by Crippen LogP contribution is 2.30. The molecule has 0 radical (unpaired) electrons. The lowest BCUT2D eigenvalue weighted by Gasteiger charge is -2.20. The first-order chi connectivity index (χ1) is 9.61. The van der Waals surface area contributed by atoms with E-state index in [1.54, 1.807) is 6.07 Å². The van der Waals surface area contributed by atoms with Gasteiger partial charge in [0.25, 0.3) is 0 Å². The van der Waals surface area contributed by atoms with Gasteiger partial charge in [-0.25, -0.2) is 4.98 Å². The molecule has 1 aromatic carbocycles. The molecule has 1 aliphatic heterocycles. The van der Waals surface area contributed by atoms with Crippen LogP contribution in [0.25, 0.3) is 0 Å². The number of nitrogens with zero attached hydrogens (tertiary/aromatic N) is 2. The zero-order valence-electron chi connectivity index (χ0n) is 11.0. The summed E-state index contributed by atoms with van der Waals surface area (Å²) in [7, 11) is 2.07. The third-order valence-electron chi connectivity index (χ3n) is 3.32. The van der Waals surface area contributed by atoms with Crippen LogP contribution in [-0.4, -0.2) is 23.5 Å². The van der Waals surface area contributed by atoms with Crippen LogP contribution in [-0.2, 0) is 6.54 Å². The minimum Gasteiger partial charge on any atom is -0.468 e. The third kappa shape index (κ3) is 2.90. The van der Waals surface area contributed by atoms with Gasteiger partial charge in [0.1, 0.15) is 11.3 Å². The van der Waals surface area contributed by atoms with Crippen molar-refractivity contribution < 1.29 is 4.74 Å². The fourth-order valence-corrected chi connectivity index (χ4v) is 2.60. The largest absolute Gasteiger partial charge is 0.468 e. The van der Waals surface area contributed by atoms with Gasteiger partial charge in [0.2, 0.25) is 5.88 Å². The number of rotatable bonds is 1. The Morgan fingerprint density at radius 1 is 1.15 bits per heavy atom. The maximum atomic E-state index is 6.05. The molecule has 0 saturated carbocycles. The van der Waals surface area contributed by atoms with Crippen LogP contribution in [0, 0.1) is 0 Å². The number of halogens is 2. The van der Waals surface area contributed by atoms with Crippen LogP contribution in [0.2, 0.25) is 10.2 Å². The molecule has 1 aliphatic rings. The average Bonchev–Trinajstić information content (AvgIpc) is 2.57. The maximum absolute atomic E-state index is 6.05. The minimum atomic E-state index is -0.0792. The molecule has 0 bridgehead atoms. The highest BCUT2D eigenvalue weighted by Gasteiger charge is 2.23. The number of benzene rings is 1. The van der Waals surface area contributed by atoms with E-state index >= 15 is 0 Å². The van der Waals surface area contributed by atoms with Crippen molar-refractivity contribution in [1.29, 1.82) is 0 Å². The molecule has 0 saturated heterocycles. The van der Waals surface area contributed by atoms with Gasteiger partial charge in [-0.05, 0) is 36.9 Å². The summed E-state index contributed by atoms with van der Waals surface area (Å²) in [5.41, 5.74) is 2.13. The van der Waals surface area contributed by atoms with Crippen molar-refractivity contribution in [3.63, 3.8) is 0 Å². The normalized spacial score (nSPS) is 19.1. The van der Waals surface area contributed by atoms with Gasteiger partial charge >= 0.3 is 0 Å². The summed E-state index contributed by atoms with van der Waals surface area (Å²) >= 11 is 11.9. The fraction of sp³-hybridized carbons (Fsp3) is 0.267. The molecule has 0 fully saturated rings. The lowest BCUT2D eigenvalue weighted by Crippen LogP contribution is -2.24. The summed E-state index contributed by atoms with van der Waals surface area (Å²) in [6, 6.07) is 11.5. The monoisotopic (exact) mass is 308 g/mol. The zero-order valence-corrected chi connectivity index (χ0v) is 12.5. The number of pyridine rings is 1. The maximum Gasteiger partial charge on any atom is 0.219 e. The molecule has 1 atom stereocenters. The van der Waals surface area contributed by atoms with Crippen molar-refractivity contribution in [3.05, 3.63) is 57.7 Å². The van der Waals surface area contributed by atoms with Crippen molar-refractivity contribution in [1.82, 2.24) is 9.88 Å². The van der Waals surface area contributed by atoms with Gasteiger partial charge in [0.15, 0.2) is 0 Å². The molecule has 1 aromatic heterocycles. The summed E-state index contributed by atoms with van der Waals surface area (Å²) in [4.78, 5) is 6.50. The van der Waals surface area contributed by atoms with E-state index < -0.39 is 0 Å². The Bertz CT molecular complexity index is 616. The number of aromatic nitrogens is 1. The molecule has 3 rings (SSSR count).